The van der Waals surface area contributed by atoms with Crippen molar-refractivity contribution in [1.29, 1.82) is 0 Å². The Morgan fingerprint density at radius 2 is 1.78 bits per heavy atom. The molecular weight excluding hydrogens is 288 g/mol. The summed E-state index contributed by atoms with van der Waals surface area (Å²) in [5, 5.41) is 6.10. The molecule has 120 valence electrons. The molecule has 0 heterocycles. The Kier molecular flexibility index (Phi) is 4.51. The van der Waals surface area contributed by atoms with Crippen molar-refractivity contribution >= 4 is 6.03 Å². The van der Waals surface area contributed by atoms with Gasteiger partial charge in [0.15, 0.2) is 0 Å². The fraction of sp³-hybridized carbons (Fsp3) is 0.316. The normalized spacial score (nSPS) is 15.3. The summed E-state index contributed by atoms with van der Waals surface area (Å²) in [6, 6.07) is 17.8. The molecule has 2 amide bonds. The summed E-state index contributed by atoms with van der Waals surface area (Å²) in [5.41, 5.74) is 1.93. The first-order valence-electron chi connectivity index (χ1n) is 7.97. The molecule has 4 heteroatoms. The Bertz CT molecular complexity index is 666. The Hall–Kier alpha value is -2.49. The molecule has 2 aromatic carbocycles. The van der Waals surface area contributed by atoms with Crippen LogP contribution in [0.2, 0.25) is 0 Å². The van der Waals surface area contributed by atoms with Gasteiger partial charge in [-0.3, -0.25) is 0 Å². The Labute approximate surface area is 136 Å². The quantitative estimate of drug-likeness (QED) is 0.887. The zero-order valence-electron chi connectivity index (χ0n) is 13.3. The first kappa shape index (κ1) is 15.4. The summed E-state index contributed by atoms with van der Waals surface area (Å²) in [5.74, 6) is 0.786. The smallest absolute Gasteiger partial charge is 0.315 e. The molecule has 0 unspecified atom stereocenters. The van der Waals surface area contributed by atoms with E-state index in [2.05, 4.69) is 22.8 Å². The number of rotatable bonds is 5. The van der Waals surface area contributed by atoms with Crippen LogP contribution in [0.4, 0.5) is 4.79 Å². The highest BCUT2D eigenvalue weighted by molar-refractivity contribution is 5.75. The average Bonchev–Trinajstić information content (AvgIpc) is 2.57. The standard InChI is InChI=1S/C19H22N2O2/c1-23-17-11-6-5-8-15(17)14-20-18(22)21-19(12-7-13-19)16-9-3-2-4-10-16/h2-6,8-11H,7,12-14H2,1H3,(H2,20,21,22). The third-order valence-electron chi connectivity index (χ3n) is 4.52. The Morgan fingerprint density at radius 3 is 2.43 bits per heavy atom. The lowest BCUT2D eigenvalue weighted by molar-refractivity contribution is 0.177. The number of urea groups is 1. The number of nitrogens with one attached hydrogen (secondary N) is 2. The second kappa shape index (κ2) is 6.73. The highest BCUT2D eigenvalue weighted by Gasteiger charge is 2.39. The zero-order valence-corrected chi connectivity index (χ0v) is 13.3. The molecule has 23 heavy (non-hydrogen) atoms. The van der Waals surface area contributed by atoms with E-state index in [0.29, 0.717) is 6.54 Å². The van der Waals surface area contributed by atoms with Crippen LogP contribution in [0.1, 0.15) is 30.4 Å². The number of amides is 2. The molecule has 0 bridgehead atoms. The minimum atomic E-state index is -0.216. The van der Waals surface area contributed by atoms with Crippen LogP contribution in [0, 0.1) is 0 Å². The fourth-order valence-electron chi connectivity index (χ4n) is 3.06. The van der Waals surface area contributed by atoms with Crippen molar-refractivity contribution in [3.63, 3.8) is 0 Å². The summed E-state index contributed by atoms with van der Waals surface area (Å²) in [7, 11) is 1.64. The molecular formula is C19H22N2O2. The van der Waals surface area contributed by atoms with Crippen molar-refractivity contribution in [3.8, 4) is 5.75 Å². The van der Waals surface area contributed by atoms with Crippen LogP contribution in [0.3, 0.4) is 0 Å². The van der Waals surface area contributed by atoms with Gasteiger partial charge in [0.25, 0.3) is 0 Å². The zero-order chi connectivity index (χ0) is 16.1. The molecule has 4 nitrogen and oxygen atoms in total. The first-order valence-corrected chi connectivity index (χ1v) is 7.97. The topological polar surface area (TPSA) is 50.4 Å². The summed E-state index contributed by atoms with van der Waals surface area (Å²) < 4.78 is 5.31. The van der Waals surface area contributed by atoms with Crippen molar-refractivity contribution in [2.75, 3.05) is 7.11 Å². The molecule has 0 radical (unpaired) electrons. The summed E-state index contributed by atoms with van der Waals surface area (Å²) >= 11 is 0. The van der Waals surface area contributed by atoms with E-state index >= 15 is 0 Å². The predicted octanol–water partition coefficient (Wildman–Crippen LogP) is 3.57. The molecule has 0 saturated heterocycles. The molecule has 2 aromatic rings. The molecule has 0 atom stereocenters. The minimum Gasteiger partial charge on any atom is -0.496 e. The fourth-order valence-corrected chi connectivity index (χ4v) is 3.06. The highest BCUT2D eigenvalue weighted by atomic mass is 16.5. The van der Waals surface area contributed by atoms with E-state index in [1.54, 1.807) is 7.11 Å². The van der Waals surface area contributed by atoms with E-state index in [0.717, 1.165) is 30.6 Å². The number of para-hydroxylation sites is 1. The lowest BCUT2D eigenvalue weighted by atomic mass is 9.72. The maximum absolute atomic E-state index is 12.3. The number of carbonyl (C=O) groups is 1. The monoisotopic (exact) mass is 310 g/mol. The second-order valence-corrected chi connectivity index (χ2v) is 5.92. The van der Waals surface area contributed by atoms with Crippen LogP contribution < -0.4 is 15.4 Å². The number of benzene rings is 2. The van der Waals surface area contributed by atoms with E-state index in [-0.39, 0.29) is 11.6 Å². The summed E-state index contributed by atoms with van der Waals surface area (Å²) in [6.45, 7) is 0.445. The van der Waals surface area contributed by atoms with Gasteiger partial charge in [0.2, 0.25) is 0 Å². The molecule has 0 aromatic heterocycles. The number of hydrogen-bond donors (Lipinski definition) is 2. The van der Waals surface area contributed by atoms with E-state index < -0.39 is 0 Å². The molecule has 0 spiro atoms. The van der Waals surface area contributed by atoms with E-state index in [1.807, 2.05) is 42.5 Å². The summed E-state index contributed by atoms with van der Waals surface area (Å²) in [6.07, 6.45) is 3.11. The van der Waals surface area contributed by atoms with Crippen molar-refractivity contribution < 1.29 is 9.53 Å². The SMILES string of the molecule is COc1ccccc1CNC(=O)NC1(c2ccccc2)CCC1. The van der Waals surface area contributed by atoms with Gasteiger partial charge in [-0.1, -0.05) is 48.5 Å². The van der Waals surface area contributed by atoms with Crippen LogP contribution in [0.5, 0.6) is 5.75 Å². The van der Waals surface area contributed by atoms with E-state index in [4.69, 9.17) is 4.74 Å². The molecule has 1 aliphatic rings. The predicted molar refractivity (Wildman–Crippen MR) is 90.3 cm³/mol. The third kappa shape index (κ3) is 3.31. The van der Waals surface area contributed by atoms with Gasteiger partial charge in [-0.25, -0.2) is 4.79 Å². The van der Waals surface area contributed by atoms with Crippen molar-refractivity contribution in [1.82, 2.24) is 10.6 Å². The van der Waals surface area contributed by atoms with Gasteiger partial charge in [-0.2, -0.15) is 0 Å². The van der Waals surface area contributed by atoms with Gasteiger partial charge < -0.3 is 15.4 Å². The molecule has 0 aliphatic heterocycles. The van der Waals surface area contributed by atoms with Crippen molar-refractivity contribution in [2.45, 2.75) is 31.3 Å². The lowest BCUT2D eigenvalue weighted by Gasteiger charge is -2.43. The molecule has 1 aliphatic carbocycles. The largest absolute Gasteiger partial charge is 0.496 e. The average molecular weight is 310 g/mol. The van der Waals surface area contributed by atoms with E-state index in [9.17, 15) is 4.79 Å². The van der Waals surface area contributed by atoms with Crippen LogP contribution in [-0.4, -0.2) is 13.1 Å². The van der Waals surface area contributed by atoms with Crippen LogP contribution in [0.25, 0.3) is 0 Å². The van der Waals surface area contributed by atoms with Gasteiger partial charge in [0.1, 0.15) is 5.75 Å². The van der Waals surface area contributed by atoms with Gasteiger partial charge in [-0.05, 0) is 30.9 Å². The second-order valence-electron chi connectivity index (χ2n) is 5.92. The van der Waals surface area contributed by atoms with Gasteiger partial charge >= 0.3 is 6.03 Å². The molecule has 3 rings (SSSR count). The van der Waals surface area contributed by atoms with E-state index in [1.165, 1.54) is 5.56 Å². The minimum absolute atomic E-state index is 0.139. The number of hydrogen-bond acceptors (Lipinski definition) is 2. The van der Waals surface area contributed by atoms with Crippen LogP contribution in [0.15, 0.2) is 54.6 Å². The third-order valence-corrected chi connectivity index (χ3v) is 4.52. The maximum atomic E-state index is 12.3. The molecule has 2 N–H and O–H groups in total. The van der Waals surface area contributed by atoms with Crippen molar-refractivity contribution in [3.05, 3.63) is 65.7 Å². The maximum Gasteiger partial charge on any atom is 0.315 e. The van der Waals surface area contributed by atoms with Gasteiger partial charge in [0.05, 0.1) is 12.6 Å². The highest BCUT2D eigenvalue weighted by Crippen LogP contribution is 2.41. The number of methoxy groups -OCH3 is 1. The lowest BCUT2D eigenvalue weighted by Crippen LogP contribution is -2.53. The van der Waals surface area contributed by atoms with Gasteiger partial charge in [0, 0.05) is 12.1 Å². The van der Waals surface area contributed by atoms with Crippen LogP contribution in [-0.2, 0) is 12.1 Å². The number of carbonyl (C=O) groups excluding carboxylic acids is 1. The van der Waals surface area contributed by atoms with Crippen LogP contribution >= 0.6 is 0 Å². The first-order chi connectivity index (χ1) is 11.2. The summed E-state index contributed by atoms with van der Waals surface area (Å²) in [4.78, 5) is 12.3. The van der Waals surface area contributed by atoms with Crippen molar-refractivity contribution in [2.24, 2.45) is 0 Å². The molecule has 1 fully saturated rings. The Morgan fingerprint density at radius 1 is 1.09 bits per heavy atom. The number of ether oxygens (including phenoxy) is 1. The van der Waals surface area contributed by atoms with Gasteiger partial charge in [-0.15, -0.1) is 0 Å². The Balaban J connectivity index is 1.63. The molecule has 1 saturated carbocycles.